The van der Waals surface area contributed by atoms with Crippen LogP contribution in [-0.2, 0) is 16.1 Å². The summed E-state index contributed by atoms with van der Waals surface area (Å²) in [6.45, 7) is 0.0128. The van der Waals surface area contributed by atoms with Gasteiger partial charge in [0.25, 0.3) is 11.8 Å². The highest BCUT2D eigenvalue weighted by atomic mass is 19.1. The zero-order valence-corrected chi connectivity index (χ0v) is 15.5. The summed E-state index contributed by atoms with van der Waals surface area (Å²) in [7, 11) is 1.55. The molecule has 0 spiro atoms. The van der Waals surface area contributed by atoms with Gasteiger partial charge in [0, 0.05) is 5.69 Å². The fourth-order valence-electron chi connectivity index (χ4n) is 3.10. The molecule has 1 N–H and O–H groups in total. The number of furan rings is 1. The molecule has 0 aliphatic carbocycles. The third-order valence-corrected chi connectivity index (χ3v) is 4.55. The maximum Gasteiger partial charge on any atom is 0.278 e. The van der Waals surface area contributed by atoms with Gasteiger partial charge >= 0.3 is 0 Å². The molecule has 2 aromatic carbocycles. The minimum Gasteiger partial charge on any atom is -0.497 e. The molecule has 0 saturated carbocycles. The average molecular weight is 392 g/mol. The van der Waals surface area contributed by atoms with Gasteiger partial charge in [-0.25, -0.2) is 4.39 Å². The van der Waals surface area contributed by atoms with Gasteiger partial charge in [-0.1, -0.05) is 12.1 Å². The van der Waals surface area contributed by atoms with E-state index in [4.69, 9.17) is 9.15 Å². The minimum atomic E-state index is -0.485. The Hall–Kier alpha value is -3.87. The van der Waals surface area contributed by atoms with Crippen molar-refractivity contribution >= 4 is 23.1 Å². The maximum atomic E-state index is 13.2. The number of rotatable bonds is 6. The molecular formula is C22H17FN2O4. The van der Waals surface area contributed by atoms with Crippen molar-refractivity contribution in [3.8, 4) is 5.75 Å². The molecule has 4 rings (SSSR count). The van der Waals surface area contributed by atoms with Gasteiger partial charge in [0.2, 0.25) is 0 Å². The molecule has 6 nitrogen and oxygen atoms in total. The van der Waals surface area contributed by atoms with E-state index in [1.54, 1.807) is 43.5 Å². The third kappa shape index (κ3) is 3.62. The molecule has 0 unspecified atom stereocenters. The van der Waals surface area contributed by atoms with E-state index in [-0.39, 0.29) is 17.8 Å². The third-order valence-electron chi connectivity index (χ3n) is 4.55. The molecule has 1 aliphatic rings. The summed E-state index contributed by atoms with van der Waals surface area (Å²) < 4.78 is 23.7. The minimum absolute atomic E-state index is 0.0128. The van der Waals surface area contributed by atoms with Crippen LogP contribution >= 0.6 is 0 Å². The molecule has 1 aliphatic heterocycles. The van der Waals surface area contributed by atoms with E-state index in [0.717, 1.165) is 4.90 Å². The van der Waals surface area contributed by atoms with Crippen molar-refractivity contribution in [1.82, 2.24) is 4.90 Å². The summed E-state index contributed by atoms with van der Waals surface area (Å²) in [6, 6.07) is 15.8. The Morgan fingerprint density at radius 1 is 1.00 bits per heavy atom. The van der Waals surface area contributed by atoms with Crippen molar-refractivity contribution in [2.24, 2.45) is 0 Å². The summed E-state index contributed by atoms with van der Waals surface area (Å²) >= 11 is 0. The Morgan fingerprint density at radius 3 is 2.34 bits per heavy atom. The van der Waals surface area contributed by atoms with Gasteiger partial charge in [-0.05, 0) is 54.1 Å². The fourth-order valence-corrected chi connectivity index (χ4v) is 3.10. The van der Waals surface area contributed by atoms with Gasteiger partial charge in [0.1, 0.15) is 23.0 Å². The zero-order valence-electron chi connectivity index (χ0n) is 15.5. The first kappa shape index (κ1) is 18.5. The normalized spacial score (nSPS) is 13.9. The molecule has 29 heavy (non-hydrogen) atoms. The molecule has 2 amide bonds. The van der Waals surface area contributed by atoms with Crippen LogP contribution in [0.3, 0.4) is 0 Å². The largest absolute Gasteiger partial charge is 0.497 e. The molecule has 146 valence electrons. The second kappa shape index (κ2) is 7.63. The second-order valence-corrected chi connectivity index (χ2v) is 6.39. The van der Waals surface area contributed by atoms with Crippen molar-refractivity contribution in [1.29, 1.82) is 0 Å². The number of carbonyl (C=O) groups excluding carboxylic acids is 2. The Kier molecular flexibility index (Phi) is 4.87. The monoisotopic (exact) mass is 392 g/mol. The molecule has 0 fully saturated rings. The Bertz CT molecular complexity index is 1070. The van der Waals surface area contributed by atoms with Crippen LogP contribution in [0.15, 0.2) is 77.0 Å². The number of nitrogens with zero attached hydrogens (tertiary/aromatic N) is 1. The predicted octanol–water partition coefficient (Wildman–Crippen LogP) is 3.82. The van der Waals surface area contributed by atoms with Crippen LogP contribution in [0.5, 0.6) is 5.75 Å². The van der Waals surface area contributed by atoms with Gasteiger partial charge in [0.15, 0.2) is 0 Å². The van der Waals surface area contributed by atoms with Gasteiger partial charge in [-0.15, -0.1) is 0 Å². The molecule has 7 heteroatoms. The highest BCUT2D eigenvalue weighted by molar-refractivity contribution is 6.36. The number of amides is 2. The van der Waals surface area contributed by atoms with E-state index in [2.05, 4.69) is 5.32 Å². The molecule has 1 aromatic heterocycles. The second-order valence-electron chi connectivity index (χ2n) is 6.39. The quantitative estimate of drug-likeness (QED) is 0.646. The SMILES string of the molecule is COc1ccc(C2=C(Nc3ccc(F)cc3)C(=O)N(Cc3ccco3)C2=O)cc1. The standard InChI is InChI=1S/C22H17FN2O4/c1-28-17-10-4-14(5-11-17)19-20(24-16-8-6-15(23)7-9-16)22(27)25(21(19)26)13-18-3-2-12-29-18/h2-12,24H,13H2,1H3. The first-order valence-electron chi connectivity index (χ1n) is 8.86. The summed E-state index contributed by atoms with van der Waals surface area (Å²) in [6.07, 6.45) is 1.48. The van der Waals surface area contributed by atoms with Crippen LogP contribution in [0.4, 0.5) is 10.1 Å². The Morgan fingerprint density at radius 2 is 1.72 bits per heavy atom. The van der Waals surface area contributed by atoms with Gasteiger partial charge in [-0.2, -0.15) is 0 Å². The molecule has 0 saturated heterocycles. The maximum absolute atomic E-state index is 13.2. The topological polar surface area (TPSA) is 71.8 Å². The number of carbonyl (C=O) groups is 2. The molecule has 3 aromatic rings. The number of halogens is 1. The fraction of sp³-hybridized carbons (Fsp3) is 0.0909. The van der Waals surface area contributed by atoms with Crippen molar-refractivity contribution in [2.75, 3.05) is 12.4 Å². The molecule has 0 atom stereocenters. The molecular weight excluding hydrogens is 375 g/mol. The van der Waals surface area contributed by atoms with E-state index in [1.807, 2.05) is 0 Å². The van der Waals surface area contributed by atoms with Gasteiger partial charge in [-0.3, -0.25) is 14.5 Å². The lowest BCUT2D eigenvalue weighted by atomic mass is 10.0. The van der Waals surface area contributed by atoms with E-state index < -0.39 is 17.6 Å². The molecule has 0 radical (unpaired) electrons. The summed E-state index contributed by atoms with van der Waals surface area (Å²) in [5, 5.41) is 2.97. The number of hydrogen-bond donors (Lipinski definition) is 1. The van der Waals surface area contributed by atoms with Crippen molar-refractivity contribution in [2.45, 2.75) is 6.54 Å². The smallest absolute Gasteiger partial charge is 0.278 e. The first-order chi connectivity index (χ1) is 14.1. The summed E-state index contributed by atoms with van der Waals surface area (Å²) in [5.74, 6) is -0.202. The summed E-state index contributed by atoms with van der Waals surface area (Å²) in [4.78, 5) is 27.3. The van der Waals surface area contributed by atoms with E-state index >= 15 is 0 Å². The predicted molar refractivity (Wildman–Crippen MR) is 104 cm³/mol. The molecule has 0 bridgehead atoms. The lowest BCUT2D eigenvalue weighted by Crippen LogP contribution is -2.31. The number of imide groups is 1. The lowest BCUT2D eigenvalue weighted by molar-refractivity contribution is -0.137. The number of hydrogen-bond acceptors (Lipinski definition) is 5. The van der Waals surface area contributed by atoms with Gasteiger partial charge in [0.05, 0.1) is 25.5 Å². The zero-order chi connectivity index (χ0) is 20.4. The lowest BCUT2D eigenvalue weighted by Gasteiger charge is -2.13. The Labute approximate surface area is 166 Å². The van der Waals surface area contributed by atoms with Gasteiger partial charge < -0.3 is 14.5 Å². The van der Waals surface area contributed by atoms with Crippen LogP contribution in [0, 0.1) is 5.82 Å². The highest BCUT2D eigenvalue weighted by Gasteiger charge is 2.39. The number of methoxy groups -OCH3 is 1. The van der Waals surface area contributed by atoms with Crippen LogP contribution < -0.4 is 10.1 Å². The van der Waals surface area contributed by atoms with E-state index in [1.165, 1.54) is 30.5 Å². The van der Waals surface area contributed by atoms with Crippen LogP contribution in [0.25, 0.3) is 5.57 Å². The number of ether oxygens (including phenoxy) is 1. The first-order valence-corrected chi connectivity index (χ1v) is 8.86. The average Bonchev–Trinajstić information content (AvgIpc) is 3.33. The highest BCUT2D eigenvalue weighted by Crippen LogP contribution is 2.32. The number of anilines is 1. The number of nitrogens with one attached hydrogen (secondary N) is 1. The van der Waals surface area contributed by atoms with E-state index in [0.29, 0.717) is 22.8 Å². The number of benzene rings is 2. The van der Waals surface area contributed by atoms with Crippen LogP contribution in [0.1, 0.15) is 11.3 Å². The van der Waals surface area contributed by atoms with Crippen LogP contribution in [-0.4, -0.2) is 23.8 Å². The van der Waals surface area contributed by atoms with Crippen LogP contribution in [0.2, 0.25) is 0 Å². The van der Waals surface area contributed by atoms with Crippen molar-refractivity contribution in [3.05, 3.63) is 89.8 Å². The Balaban J connectivity index is 1.74. The summed E-state index contributed by atoms with van der Waals surface area (Å²) in [5.41, 5.74) is 1.41. The van der Waals surface area contributed by atoms with E-state index in [9.17, 15) is 14.0 Å². The molecule has 2 heterocycles. The van der Waals surface area contributed by atoms with Crippen molar-refractivity contribution < 1.29 is 23.1 Å². The van der Waals surface area contributed by atoms with Crippen molar-refractivity contribution in [3.63, 3.8) is 0 Å².